The van der Waals surface area contributed by atoms with Crippen molar-refractivity contribution in [3.8, 4) is 0 Å². The predicted octanol–water partition coefficient (Wildman–Crippen LogP) is 1.20. The fourth-order valence-electron chi connectivity index (χ4n) is 1.25. The van der Waals surface area contributed by atoms with Crippen molar-refractivity contribution < 1.29 is 4.52 Å². The lowest BCUT2D eigenvalue weighted by atomic mass is 10.3. The summed E-state index contributed by atoms with van der Waals surface area (Å²) < 4.78 is 6.14. The van der Waals surface area contributed by atoms with E-state index in [2.05, 4.69) is 9.47 Å². The van der Waals surface area contributed by atoms with Gasteiger partial charge >= 0.3 is 5.65 Å². The summed E-state index contributed by atoms with van der Waals surface area (Å²) in [6, 6.07) is 2.03. The van der Waals surface area contributed by atoms with Gasteiger partial charge in [-0.05, 0) is 16.4 Å². The van der Waals surface area contributed by atoms with Gasteiger partial charge in [0.15, 0.2) is 5.69 Å². The number of hydrogen-bond donors (Lipinski definition) is 0. The minimum atomic E-state index is 0.984. The highest BCUT2D eigenvalue weighted by molar-refractivity contribution is 7.05. The molecule has 0 atom stereocenters. The third-order valence-electron chi connectivity index (χ3n) is 1.81. The van der Waals surface area contributed by atoms with Gasteiger partial charge in [-0.2, -0.15) is 0 Å². The smallest absolute Gasteiger partial charge is 0.0866 e. The Kier molecular flexibility index (Phi) is 1.58. The molecule has 0 amide bonds. The van der Waals surface area contributed by atoms with Crippen LogP contribution in [-0.2, 0) is 0 Å². The number of aromatic nitrogens is 3. The summed E-state index contributed by atoms with van der Waals surface area (Å²) in [5.74, 6) is 0. The van der Waals surface area contributed by atoms with Gasteiger partial charge in [0, 0.05) is 31.4 Å². The average molecular weight is 180 g/mol. The fraction of sp³-hybridized carbons (Fsp3) is 0.375. The molecule has 0 fully saturated rings. The second-order valence-electron chi connectivity index (χ2n) is 2.90. The molecule has 62 valence electrons. The van der Waals surface area contributed by atoms with Crippen LogP contribution in [0.25, 0.3) is 5.65 Å². The molecule has 0 N–H and O–H groups in total. The fourth-order valence-corrected chi connectivity index (χ4v) is 1.87. The van der Waals surface area contributed by atoms with E-state index >= 15 is 0 Å². The van der Waals surface area contributed by atoms with Gasteiger partial charge in [-0.15, -0.1) is 0 Å². The SMILES string of the molecule is Cc1cc(C)[n+]2nsc(C)c2n1. The largest absolute Gasteiger partial charge is 0.364 e. The predicted molar refractivity (Wildman–Crippen MR) is 47.3 cm³/mol. The van der Waals surface area contributed by atoms with Crippen LogP contribution in [0.5, 0.6) is 0 Å². The first-order valence-electron chi connectivity index (χ1n) is 3.81. The molecule has 2 aromatic rings. The van der Waals surface area contributed by atoms with Gasteiger partial charge in [0.05, 0.1) is 0 Å². The van der Waals surface area contributed by atoms with Gasteiger partial charge in [-0.1, -0.05) is 4.52 Å². The van der Waals surface area contributed by atoms with Crippen molar-refractivity contribution in [3.63, 3.8) is 0 Å². The highest BCUT2D eigenvalue weighted by Crippen LogP contribution is 2.07. The van der Waals surface area contributed by atoms with E-state index in [0.717, 1.165) is 17.0 Å². The molecular formula is C8H10N3S+. The number of fused-ring (bicyclic) bond motifs is 1. The Morgan fingerprint density at radius 3 is 2.83 bits per heavy atom. The van der Waals surface area contributed by atoms with Crippen LogP contribution in [0.4, 0.5) is 0 Å². The molecular weight excluding hydrogens is 170 g/mol. The maximum absolute atomic E-state index is 4.41. The molecule has 12 heavy (non-hydrogen) atoms. The van der Waals surface area contributed by atoms with E-state index in [4.69, 9.17) is 0 Å². The lowest BCUT2D eigenvalue weighted by Gasteiger charge is -1.87. The molecule has 0 radical (unpaired) electrons. The maximum atomic E-state index is 4.41. The molecule has 2 heterocycles. The van der Waals surface area contributed by atoms with E-state index in [-0.39, 0.29) is 0 Å². The van der Waals surface area contributed by atoms with Crippen LogP contribution < -0.4 is 4.52 Å². The number of rotatable bonds is 0. The summed E-state index contributed by atoms with van der Waals surface area (Å²) in [7, 11) is 0. The topological polar surface area (TPSA) is 29.9 Å². The van der Waals surface area contributed by atoms with Crippen LogP contribution in [0.1, 0.15) is 16.3 Å². The van der Waals surface area contributed by atoms with Crippen LogP contribution in [0.15, 0.2) is 6.07 Å². The van der Waals surface area contributed by atoms with Crippen LogP contribution in [0, 0.1) is 20.8 Å². The molecule has 0 aliphatic rings. The van der Waals surface area contributed by atoms with E-state index in [1.54, 1.807) is 0 Å². The summed E-state index contributed by atoms with van der Waals surface area (Å²) in [5.41, 5.74) is 3.18. The lowest BCUT2D eigenvalue weighted by molar-refractivity contribution is -0.581. The van der Waals surface area contributed by atoms with Crippen molar-refractivity contribution in [2.45, 2.75) is 20.8 Å². The standard InChI is InChI=1S/C8H10N3S/c1-5-4-6(2)11-8(9-5)7(3)12-10-11/h4H,1-3H3/q+1. The Hall–Kier alpha value is -1.03. The second kappa shape index (κ2) is 2.48. The van der Waals surface area contributed by atoms with E-state index in [9.17, 15) is 0 Å². The highest BCUT2D eigenvalue weighted by Gasteiger charge is 2.14. The van der Waals surface area contributed by atoms with Gasteiger partial charge in [-0.25, -0.2) is 0 Å². The Bertz CT molecular complexity index is 433. The summed E-state index contributed by atoms with van der Waals surface area (Å²) >= 11 is 1.49. The van der Waals surface area contributed by atoms with E-state index in [0.29, 0.717) is 0 Å². The highest BCUT2D eigenvalue weighted by atomic mass is 32.1. The molecule has 0 saturated carbocycles. The van der Waals surface area contributed by atoms with Crippen molar-refractivity contribution in [3.05, 3.63) is 22.3 Å². The van der Waals surface area contributed by atoms with Gasteiger partial charge in [0.2, 0.25) is 0 Å². The van der Waals surface area contributed by atoms with Crippen molar-refractivity contribution in [2.75, 3.05) is 0 Å². The minimum Gasteiger partial charge on any atom is -0.0866 e. The van der Waals surface area contributed by atoms with Crippen LogP contribution in [-0.4, -0.2) is 9.47 Å². The molecule has 0 bridgehead atoms. The summed E-state index contributed by atoms with van der Waals surface area (Å²) in [6.45, 7) is 6.09. The molecule has 0 unspecified atom stereocenters. The first kappa shape index (κ1) is 7.61. The minimum absolute atomic E-state index is 0.984. The Morgan fingerprint density at radius 2 is 2.08 bits per heavy atom. The molecule has 2 rings (SSSR count). The van der Waals surface area contributed by atoms with Crippen molar-refractivity contribution >= 4 is 17.2 Å². The summed E-state index contributed by atoms with van der Waals surface area (Å²) in [6.07, 6.45) is 0. The van der Waals surface area contributed by atoms with Gasteiger partial charge < -0.3 is 0 Å². The number of aryl methyl sites for hydroxylation is 3. The molecule has 2 aromatic heterocycles. The van der Waals surface area contributed by atoms with E-state index in [1.807, 2.05) is 31.4 Å². The van der Waals surface area contributed by atoms with Crippen LogP contribution in [0.3, 0.4) is 0 Å². The monoisotopic (exact) mass is 180 g/mol. The molecule has 0 aliphatic carbocycles. The third kappa shape index (κ3) is 0.992. The van der Waals surface area contributed by atoms with Gasteiger partial charge in [0.1, 0.15) is 10.6 Å². The van der Waals surface area contributed by atoms with E-state index in [1.165, 1.54) is 16.4 Å². The zero-order valence-corrected chi connectivity index (χ0v) is 8.14. The average Bonchev–Trinajstić information content (AvgIpc) is 2.33. The second-order valence-corrected chi connectivity index (χ2v) is 3.86. The van der Waals surface area contributed by atoms with E-state index < -0.39 is 0 Å². The van der Waals surface area contributed by atoms with Gasteiger partial charge in [0.25, 0.3) is 0 Å². The Balaban J connectivity index is 2.92. The zero-order chi connectivity index (χ0) is 8.72. The first-order valence-corrected chi connectivity index (χ1v) is 4.58. The maximum Gasteiger partial charge on any atom is 0.364 e. The summed E-state index contributed by atoms with van der Waals surface area (Å²) in [5, 5.41) is 0. The summed E-state index contributed by atoms with van der Waals surface area (Å²) in [4.78, 5) is 5.58. The number of nitrogens with zero attached hydrogens (tertiary/aromatic N) is 3. The first-order chi connectivity index (χ1) is 5.68. The Labute approximate surface area is 74.8 Å². The molecule has 3 nitrogen and oxygen atoms in total. The zero-order valence-electron chi connectivity index (χ0n) is 7.33. The molecule has 0 saturated heterocycles. The van der Waals surface area contributed by atoms with Crippen molar-refractivity contribution in [1.82, 2.24) is 9.47 Å². The molecule has 0 aromatic carbocycles. The third-order valence-corrected chi connectivity index (χ3v) is 2.51. The normalized spacial score (nSPS) is 10.9. The number of hydrogen-bond acceptors (Lipinski definition) is 3. The van der Waals surface area contributed by atoms with Crippen molar-refractivity contribution in [2.24, 2.45) is 0 Å². The van der Waals surface area contributed by atoms with Crippen LogP contribution in [0.2, 0.25) is 0 Å². The molecule has 4 heteroatoms. The lowest BCUT2D eigenvalue weighted by Crippen LogP contribution is -2.28. The molecule has 0 aliphatic heterocycles. The quantitative estimate of drug-likeness (QED) is 0.570. The van der Waals surface area contributed by atoms with Crippen molar-refractivity contribution in [1.29, 1.82) is 0 Å². The Morgan fingerprint density at radius 1 is 1.33 bits per heavy atom. The van der Waals surface area contributed by atoms with Crippen LogP contribution >= 0.6 is 11.5 Å². The van der Waals surface area contributed by atoms with Gasteiger partial charge in [-0.3, -0.25) is 0 Å². The molecule has 0 spiro atoms.